The summed E-state index contributed by atoms with van der Waals surface area (Å²) in [7, 11) is 0. The summed E-state index contributed by atoms with van der Waals surface area (Å²) in [4.78, 5) is 2.57. The summed E-state index contributed by atoms with van der Waals surface area (Å²) in [5.41, 5.74) is 1.41. The van der Waals surface area contributed by atoms with Gasteiger partial charge in [0.2, 0.25) is 0 Å². The smallest absolute Gasteiger partial charge is 0.0234 e. The van der Waals surface area contributed by atoms with Gasteiger partial charge < -0.3 is 0 Å². The van der Waals surface area contributed by atoms with Crippen LogP contribution in [0.5, 0.6) is 0 Å². The van der Waals surface area contributed by atoms with E-state index in [2.05, 4.69) is 61.0 Å². The van der Waals surface area contributed by atoms with E-state index in [0.29, 0.717) is 0 Å². The molecule has 88 valence electrons. The van der Waals surface area contributed by atoms with E-state index in [9.17, 15) is 0 Å². The number of halogens is 2. The monoisotopic (exact) mass is 345 g/mol. The van der Waals surface area contributed by atoms with Crippen LogP contribution >= 0.6 is 31.9 Å². The van der Waals surface area contributed by atoms with E-state index in [1.54, 1.807) is 0 Å². The predicted molar refractivity (Wildman–Crippen MR) is 75.9 cm³/mol. The SMILES string of the molecule is BrCC1CCCN(Cc2cccc(Br)c2)C1. The van der Waals surface area contributed by atoms with Crippen LogP contribution in [0.15, 0.2) is 28.7 Å². The third-order valence-corrected chi connectivity index (χ3v) is 4.53. The first kappa shape index (κ1) is 12.6. The van der Waals surface area contributed by atoms with Gasteiger partial charge in [-0.1, -0.05) is 44.0 Å². The Labute approximate surface area is 114 Å². The van der Waals surface area contributed by atoms with Gasteiger partial charge in [-0.15, -0.1) is 0 Å². The van der Waals surface area contributed by atoms with Gasteiger partial charge in [-0.2, -0.15) is 0 Å². The van der Waals surface area contributed by atoms with E-state index in [-0.39, 0.29) is 0 Å². The molecule has 3 heteroatoms. The van der Waals surface area contributed by atoms with Crippen molar-refractivity contribution in [3.8, 4) is 0 Å². The van der Waals surface area contributed by atoms with E-state index in [1.807, 2.05) is 0 Å². The summed E-state index contributed by atoms with van der Waals surface area (Å²) in [5, 5.41) is 1.14. The zero-order chi connectivity index (χ0) is 11.4. The van der Waals surface area contributed by atoms with Crippen molar-refractivity contribution in [1.82, 2.24) is 4.90 Å². The lowest BCUT2D eigenvalue weighted by Gasteiger charge is -2.31. The summed E-state index contributed by atoms with van der Waals surface area (Å²) < 4.78 is 1.18. The fraction of sp³-hybridized carbons (Fsp3) is 0.538. The van der Waals surface area contributed by atoms with Gasteiger partial charge in [-0.25, -0.2) is 0 Å². The summed E-state index contributed by atoms with van der Waals surface area (Å²) in [5.74, 6) is 0.834. The van der Waals surface area contributed by atoms with Crippen molar-refractivity contribution in [2.24, 2.45) is 5.92 Å². The van der Waals surface area contributed by atoms with Crippen molar-refractivity contribution in [3.63, 3.8) is 0 Å². The van der Waals surface area contributed by atoms with Gasteiger partial charge in [0.05, 0.1) is 0 Å². The molecular formula is C13H17Br2N. The van der Waals surface area contributed by atoms with Gasteiger partial charge in [0.1, 0.15) is 0 Å². The van der Waals surface area contributed by atoms with Crippen molar-refractivity contribution in [3.05, 3.63) is 34.3 Å². The number of hydrogen-bond donors (Lipinski definition) is 0. The number of piperidine rings is 1. The molecule has 1 nitrogen and oxygen atoms in total. The molecule has 0 aromatic heterocycles. The van der Waals surface area contributed by atoms with Crippen LogP contribution in [0, 0.1) is 5.92 Å². The maximum absolute atomic E-state index is 3.60. The number of alkyl halides is 1. The molecule has 1 heterocycles. The summed E-state index contributed by atoms with van der Waals surface area (Å²) in [6, 6.07) is 8.63. The predicted octanol–water partition coefficient (Wildman–Crippen LogP) is 4.06. The van der Waals surface area contributed by atoms with Crippen LogP contribution in [-0.2, 0) is 6.54 Å². The highest BCUT2D eigenvalue weighted by Crippen LogP contribution is 2.21. The van der Waals surface area contributed by atoms with Crippen LogP contribution < -0.4 is 0 Å². The van der Waals surface area contributed by atoms with Crippen molar-refractivity contribution in [1.29, 1.82) is 0 Å². The average molecular weight is 347 g/mol. The van der Waals surface area contributed by atoms with Gasteiger partial charge in [-0.05, 0) is 43.0 Å². The first-order valence-electron chi connectivity index (χ1n) is 5.80. The number of likely N-dealkylation sites (tertiary alicyclic amines) is 1. The van der Waals surface area contributed by atoms with Crippen LogP contribution in [0.2, 0.25) is 0 Å². The van der Waals surface area contributed by atoms with Gasteiger partial charge in [-0.3, -0.25) is 4.90 Å². The molecule has 0 amide bonds. The fourth-order valence-electron chi connectivity index (χ4n) is 2.31. The highest BCUT2D eigenvalue weighted by atomic mass is 79.9. The lowest BCUT2D eigenvalue weighted by Crippen LogP contribution is -2.35. The number of rotatable bonds is 3. The molecule has 0 N–H and O–H groups in total. The molecule has 1 aliphatic heterocycles. The second-order valence-electron chi connectivity index (χ2n) is 4.53. The summed E-state index contributed by atoms with van der Waals surface area (Å²) >= 11 is 7.13. The topological polar surface area (TPSA) is 3.24 Å². The maximum Gasteiger partial charge on any atom is 0.0234 e. The standard InChI is InChI=1S/C13H17Br2N/c14-8-12-4-2-6-16(10-12)9-11-3-1-5-13(15)7-11/h1,3,5,7,12H,2,4,6,8-10H2. The van der Waals surface area contributed by atoms with Gasteiger partial charge in [0.15, 0.2) is 0 Å². The molecule has 1 fully saturated rings. The normalized spacial score (nSPS) is 22.2. The molecule has 0 aliphatic carbocycles. The minimum absolute atomic E-state index is 0.834. The van der Waals surface area contributed by atoms with E-state index in [0.717, 1.165) is 17.8 Å². The van der Waals surface area contributed by atoms with Gasteiger partial charge >= 0.3 is 0 Å². The van der Waals surface area contributed by atoms with E-state index in [4.69, 9.17) is 0 Å². The van der Waals surface area contributed by atoms with E-state index < -0.39 is 0 Å². The summed E-state index contributed by atoms with van der Waals surface area (Å²) in [6.07, 6.45) is 2.71. The Bertz CT molecular complexity index is 340. The molecule has 0 bridgehead atoms. The highest BCUT2D eigenvalue weighted by molar-refractivity contribution is 9.10. The minimum atomic E-state index is 0.834. The molecule has 2 rings (SSSR count). The van der Waals surface area contributed by atoms with Crippen molar-refractivity contribution in [2.45, 2.75) is 19.4 Å². The van der Waals surface area contributed by atoms with Crippen molar-refractivity contribution >= 4 is 31.9 Å². The average Bonchev–Trinajstić information content (AvgIpc) is 2.29. The highest BCUT2D eigenvalue weighted by Gasteiger charge is 2.18. The Hall–Kier alpha value is 0.140. The van der Waals surface area contributed by atoms with Crippen LogP contribution in [0.25, 0.3) is 0 Å². The van der Waals surface area contributed by atoms with Crippen LogP contribution in [0.1, 0.15) is 18.4 Å². The Morgan fingerprint density at radius 2 is 2.25 bits per heavy atom. The lowest BCUT2D eigenvalue weighted by atomic mass is 10.00. The molecule has 0 spiro atoms. The molecule has 1 saturated heterocycles. The fourth-order valence-corrected chi connectivity index (χ4v) is 3.29. The third-order valence-electron chi connectivity index (χ3n) is 3.12. The zero-order valence-corrected chi connectivity index (χ0v) is 12.5. The molecule has 1 aromatic rings. The molecule has 16 heavy (non-hydrogen) atoms. The summed E-state index contributed by atoms with van der Waals surface area (Å²) in [6.45, 7) is 3.57. The van der Waals surface area contributed by atoms with E-state index >= 15 is 0 Å². The number of benzene rings is 1. The first-order chi connectivity index (χ1) is 7.78. The van der Waals surface area contributed by atoms with Gasteiger partial charge in [0.25, 0.3) is 0 Å². The largest absolute Gasteiger partial charge is 0.299 e. The van der Waals surface area contributed by atoms with Crippen molar-refractivity contribution in [2.75, 3.05) is 18.4 Å². The first-order valence-corrected chi connectivity index (χ1v) is 7.72. The third kappa shape index (κ3) is 3.57. The Morgan fingerprint density at radius 1 is 1.38 bits per heavy atom. The molecule has 0 saturated carbocycles. The Morgan fingerprint density at radius 3 is 3.00 bits per heavy atom. The molecule has 1 atom stereocenters. The van der Waals surface area contributed by atoms with Crippen LogP contribution in [-0.4, -0.2) is 23.3 Å². The molecule has 1 aliphatic rings. The van der Waals surface area contributed by atoms with E-state index in [1.165, 1.54) is 36.0 Å². The van der Waals surface area contributed by atoms with Gasteiger partial charge in [0, 0.05) is 22.9 Å². The lowest BCUT2D eigenvalue weighted by molar-refractivity contribution is 0.179. The minimum Gasteiger partial charge on any atom is -0.299 e. The quantitative estimate of drug-likeness (QED) is 0.746. The molecule has 1 unspecified atom stereocenters. The molecule has 0 radical (unpaired) electrons. The second-order valence-corrected chi connectivity index (χ2v) is 6.09. The molecular weight excluding hydrogens is 330 g/mol. The second kappa shape index (κ2) is 6.18. The maximum atomic E-state index is 3.60. The zero-order valence-electron chi connectivity index (χ0n) is 9.33. The van der Waals surface area contributed by atoms with Crippen LogP contribution in [0.4, 0.5) is 0 Å². The molecule has 1 aromatic carbocycles. The van der Waals surface area contributed by atoms with Crippen LogP contribution in [0.3, 0.4) is 0 Å². The Kier molecular flexibility index (Phi) is 4.86. The van der Waals surface area contributed by atoms with Crippen molar-refractivity contribution < 1.29 is 0 Å². The Balaban J connectivity index is 1.94. The number of nitrogens with zero attached hydrogens (tertiary/aromatic N) is 1. The number of hydrogen-bond acceptors (Lipinski definition) is 1.